The van der Waals surface area contributed by atoms with Crippen LogP contribution in [-0.4, -0.2) is 5.24 Å². The van der Waals surface area contributed by atoms with Crippen molar-refractivity contribution in [2.45, 2.75) is 32.1 Å². The summed E-state index contributed by atoms with van der Waals surface area (Å²) >= 11 is 5.36. The molecule has 1 atom stereocenters. The summed E-state index contributed by atoms with van der Waals surface area (Å²) in [6.07, 6.45) is 6.04. The molecule has 0 bridgehead atoms. The molecule has 0 saturated heterocycles. The molecular formula is C9H14ClO. The van der Waals surface area contributed by atoms with Crippen LogP contribution in [0.5, 0.6) is 0 Å². The maximum absolute atomic E-state index is 10.7. The van der Waals surface area contributed by atoms with Crippen LogP contribution in [0.3, 0.4) is 0 Å². The van der Waals surface area contributed by atoms with Crippen LogP contribution in [0.4, 0.5) is 0 Å². The van der Waals surface area contributed by atoms with E-state index in [0.29, 0.717) is 5.92 Å². The average molecular weight is 174 g/mol. The Balaban J connectivity index is 2.38. The second-order valence-electron chi connectivity index (χ2n) is 3.31. The Bertz CT molecular complexity index is 138. The Morgan fingerprint density at radius 1 is 1.36 bits per heavy atom. The van der Waals surface area contributed by atoms with Crippen molar-refractivity contribution in [3.05, 3.63) is 6.92 Å². The van der Waals surface area contributed by atoms with Gasteiger partial charge in [0, 0.05) is 5.92 Å². The van der Waals surface area contributed by atoms with E-state index in [9.17, 15) is 4.79 Å². The molecule has 1 aliphatic carbocycles. The minimum atomic E-state index is -0.267. The van der Waals surface area contributed by atoms with Crippen molar-refractivity contribution in [1.29, 1.82) is 0 Å². The Kier molecular flexibility index (Phi) is 3.38. The topological polar surface area (TPSA) is 17.1 Å². The minimum absolute atomic E-state index is 0.169. The summed E-state index contributed by atoms with van der Waals surface area (Å²) < 4.78 is 0. The zero-order valence-electron chi connectivity index (χ0n) is 6.68. The fraction of sp³-hybridized carbons (Fsp3) is 0.778. The van der Waals surface area contributed by atoms with Gasteiger partial charge in [-0.25, -0.2) is 0 Å². The highest BCUT2D eigenvalue weighted by Gasteiger charge is 2.23. The highest BCUT2D eigenvalue weighted by molar-refractivity contribution is 6.64. The summed E-state index contributed by atoms with van der Waals surface area (Å²) in [6.45, 7) is 3.78. The van der Waals surface area contributed by atoms with Gasteiger partial charge in [-0.1, -0.05) is 19.3 Å². The van der Waals surface area contributed by atoms with Gasteiger partial charge in [0.05, 0.1) is 0 Å². The molecule has 1 nitrogen and oxygen atoms in total. The predicted molar refractivity (Wildman–Crippen MR) is 46.3 cm³/mol. The lowest BCUT2D eigenvalue weighted by Gasteiger charge is -2.24. The fourth-order valence-electron chi connectivity index (χ4n) is 1.72. The van der Waals surface area contributed by atoms with E-state index in [1.54, 1.807) is 0 Å². The molecule has 1 radical (unpaired) electrons. The lowest BCUT2D eigenvalue weighted by atomic mass is 9.81. The molecule has 0 spiro atoms. The van der Waals surface area contributed by atoms with Crippen LogP contribution >= 0.6 is 11.6 Å². The third-order valence-electron chi connectivity index (χ3n) is 2.51. The number of hydrogen-bond acceptors (Lipinski definition) is 1. The molecule has 0 N–H and O–H groups in total. The Labute approximate surface area is 73.1 Å². The maximum atomic E-state index is 10.7. The third-order valence-corrected chi connectivity index (χ3v) is 2.79. The maximum Gasteiger partial charge on any atom is 0.224 e. The smallest absolute Gasteiger partial charge is 0.224 e. The summed E-state index contributed by atoms with van der Waals surface area (Å²) in [6, 6.07) is 0. The van der Waals surface area contributed by atoms with E-state index in [2.05, 4.69) is 6.92 Å². The van der Waals surface area contributed by atoms with E-state index >= 15 is 0 Å². The van der Waals surface area contributed by atoms with E-state index in [-0.39, 0.29) is 11.2 Å². The first-order chi connectivity index (χ1) is 5.22. The van der Waals surface area contributed by atoms with Crippen LogP contribution in [0.15, 0.2) is 0 Å². The van der Waals surface area contributed by atoms with E-state index in [1.165, 1.54) is 19.3 Å². The van der Waals surface area contributed by atoms with Gasteiger partial charge in [-0.05, 0) is 37.3 Å². The molecule has 1 fully saturated rings. The molecule has 1 rings (SSSR count). The monoisotopic (exact) mass is 173 g/mol. The quantitative estimate of drug-likeness (QED) is 0.587. The fourth-order valence-corrected chi connectivity index (χ4v) is 1.90. The van der Waals surface area contributed by atoms with Gasteiger partial charge in [0.2, 0.25) is 5.24 Å². The van der Waals surface area contributed by atoms with Gasteiger partial charge in [-0.2, -0.15) is 0 Å². The summed E-state index contributed by atoms with van der Waals surface area (Å²) in [7, 11) is 0. The molecule has 0 heterocycles. The van der Waals surface area contributed by atoms with Crippen LogP contribution in [0.2, 0.25) is 0 Å². The van der Waals surface area contributed by atoms with E-state index in [1.807, 2.05) is 0 Å². The minimum Gasteiger partial charge on any atom is -0.281 e. The van der Waals surface area contributed by atoms with Gasteiger partial charge in [-0.3, -0.25) is 4.79 Å². The van der Waals surface area contributed by atoms with Gasteiger partial charge in [0.25, 0.3) is 0 Å². The number of hydrogen-bond donors (Lipinski definition) is 0. The molecule has 1 unspecified atom stereocenters. The van der Waals surface area contributed by atoms with Gasteiger partial charge in [0.15, 0.2) is 0 Å². The highest BCUT2D eigenvalue weighted by atomic mass is 35.5. The first-order valence-corrected chi connectivity index (χ1v) is 4.62. The number of carbonyl (C=O) groups excluding carboxylic acids is 1. The zero-order chi connectivity index (χ0) is 8.27. The molecule has 1 aliphatic rings. The summed E-state index contributed by atoms with van der Waals surface area (Å²) in [5, 5.41) is -0.267. The molecule has 11 heavy (non-hydrogen) atoms. The molecule has 0 aromatic heterocycles. The Morgan fingerprint density at radius 3 is 2.36 bits per heavy atom. The summed E-state index contributed by atoms with van der Waals surface area (Å²) in [5.74, 6) is 0.283. The molecule has 0 amide bonds. The Hall–Kier alpha value is -0.0400. The summed E-state index contributed by atoms with van der Waals surface area (Å²) in [5.41, 5.74) is 0. The highest BCUT2D eigenvalue weighted by Crippen LogP contribution is 2.30. The van der Waals surface area contributed by atoms with Crippen molar-refractivity contribution >= 4 is 16.8 Å². The van der Waals surface area contributed by atoms with Crippen molar-refractivity contribution in [3.8, 4) is 0 Å². The Morgan fingerprint density at radius 2 is 1.91 bits per heavy atom. The molecule has 2 heteroatoms. The molecule has 0 aromatic rings. The summed E-state index contributed by atoms with van der Waals surface area (Å²) in [4.78, 5) is 10.7. The van der Waals surface area contributed by atoms with Gasteiger partial charge >= 0.3 is 0 Å². The largest absolute Gasteiger partial charge is 0.281 e. The van der Waals surface area contributed by atoms with E-state index in [4.69, 9.17) is 11.6 Å². The molecular weight excluding hydrogens is 160 g/mol. The number of halogens is 1. The second kappa shape index (κ2) is 4.10. The van der Waals surface area contributed by atoms with E-state index < -0.39 is 0 Å². The lowest BCUT2D eigenvalue weighted by Crippen LogP contribution is -2.19. The first kappa shape index (κ1) is 9.05. The van der Waals surface area contributed by atoms with E-state index in [0.717, 1.165) is 12.8 Å². The van der Waals surface area contributed by atoms with Crippen LogP contribution in [-0.2, 0) is 4.79 Å². The SMILES string of the molecule is [CH2]C(C(=O)Cl)C1CCCCC1. The van der Waals surface area contributed by atoms with Crippen molar-refractivity contribution < 1.29 is 4.79 Å². The van der Waals surface area contributed by atoms with Crippen LogP contribution in [0.1, 0.15) is 32.1 Å². The number of rotatable bonds is 2. The third kappa shape index (κ3) is 2.48. The van der Waals surface area contributed by atoms with Gasteiger partial charge in [0.1, 0.15) is 0 Å². The van der Waals surface area contributed by atoms with Crippen LogP contribution in [0, 0.1) is 18.8 Å². The zero-order valence-corrected chi connectivity index (χ0v) is 7.44. The van der Waals surface area contributed by atoms with Crippen molar-refractivity contribution in [3.63, 3.8) is 0 Å². The second-order valence-corrected chi connectivity index (χ2v) is 3.68. The molecule has 0 aliphatic heterocycles. The molecule has 1 saturated carbocycles. The normalized spacial score (nSPS) is 23.1. The standard InChI is InChI=1S/C9H14ClO/c1-7(9(10)11)8-5-3-2-4-6-8/h7-8H,1-6H2. The van der Waals surface area contributed by atoms with Crippen molar-refractivity contribution in [2.24, 2.45) is 11.8 Å². The first-order valence-electron chi connectivity index (χ1n) is 4.24. The van der Waals surface area contributed by atoms with Crippen LogP contribution < -0.4 is 0 Å². The van der Waals surface area contributed by atoms with Crippen LogP contribution in [0.25, 0.3) is 0 Å². The predicted octanol–water partition coefficient (Wildman–Crippen LogP) is 2.78. The van der Waals surface area contributed by atoms with Gasteiger partial charge in [-0.15, -0.1) is 0 Å². The molecule has 0 aromatic carbocycles. The lowest BCUT2D eigenvalue weighted by molar-refractivity contribution is -0.115. The molecule has 63 valence electrons. The number of carbonyl (C=O) groups is 1. The van der Waals surface area contributed by atoms with Gasteiger partial charge < -0.3 is 0 Å². The van der Waals surface area contributed by atoms with Crippen molar-refractivity contribution in [1.82, 2.24) is 0 Å². The van der Waals surface area contributed by atoms with Crippen molar-refractivity contribution in [2.75, 3.05) is 0 Å². The average Bonchev–Trinajstić information content (AvgIpc) is 2.05.